The molecular formula is C39H48N6O5S2. The van der Waals surface area contributed by atoms with Crippen LogP contribution in [-0.4, -0.2) is 87.8 Å². The Hall–Kier alpha value is -4.46. The van der Waals surface area contributed by atoms with Crippen LogP contribution in [0, 0.1) is 0 Å². The van der Waals surface area contributed by atoms with E-state index in [0.717, 1.165) is 67.4 Å². The lowest BCUT2D eigenvalue weighted by atomic mass is 9.80. The summed E-state index contributed by atoms with van der Waals surface area (Å²) in [6, 6.07) is 23.0. The molecule has 4 aromatic rings. The molecule has 2 heterocycles. The maximum atomic E-state index is 14.2. The van der Waals surface area contributed by atoms with Gasteiger partial charge in [0, 0.05) is 54.4 Å². The van der Waals surface area contributed by atoms with Gasteiger partial charge in [0.25, 0.3) is 5.91 Å². The highest BCUT2D eigenvalue weighted by atomic mass is 32.2. The van der Waals surface area contributed by atoms with Gasteiger partial charge >= 0.3 is 0 Å². The number of likely N-dealkylation sites (N-methyl/N-ethyl adjacent to an activating group) is 1. The monoisotopic (exact) mass is 744 g/mol. The van der Waals surface area contributed by atoms with Crippen molar-refractivity contribution >= 4 is 44.0 Å². The third-order valence-electron chi connectivity index (χ3n) is 9.95. The second-order valence-corrected chi connectivity index (χ2v) is 16.4. The fourth-order valence-electron chi connectivity index (χ4n) is 6.84. The summed E-state index contributed by atoms with van der Waals surface area (Å²) in [6.07, 6.45) is 4.43. The molecule has 1 aliphatic carbocycles. The van der Waals surface area contributed by atoms with Crippen molar-refractivity contribution in [3.8, 4) is 17.0 Å². The molecule has 0 spiro atoms. The molecule has 1 unspecified atom stereocenters. The van der Waals surface area contributed by atoms with E-state index in [1.54, 1.807) is 54.8 Å². The van der Waals surface area contributed by atoms with E-state index >= 15 is 0 Å². The average Bonchev–Trinajstić information content (AvgIpc) is 3.65. The molecule has 1 aromatic heterocycles. The van der Waals surface area contributed by atoms with Crippen molar-refractivity contribution in [2.75, 3.05) is 55.7 Å². The zero-order chi connectivity index (χ0) is 36.6. The Morgan fingerprint density at radius 3 is 2.29 bits per heavy atom. The summed E-state index contributed by atoms with van der Waals surface area (Å²) in [4.78, 5) is 37.5. The summed E-state index contributed by atoms with van der Waals surface area (Å²) >= 11 is 1.63. The van der Waals surface area contributed by atoms with Crippen molar-refractivity contribution < 1.29 is 22.7 Å². The van der Waals surface area contributed by atoms with Crippen molar-refractivity contribution in [3.63, 3.8) is 0 Å². The van der Waals surface area contributed by atoms with Crippen LogP contribution in [0.1, 0.15) is 54.4 Å². The van der Waals surface area contributed by atoms with Crippen LogP contribution >= 0.6 is 11.3 Å². The first kappa shape index (κ1) is 37.3. The zero-order valence-electron chi connectivity index (χ0n) is 29.8. The molecule has 52 heavy (non-hydrogen) atoms. The standard InChI is InChI=1S/C39H48N6O5S2/c1-44-23-25-45(26-24-44)38-41-35(27-51-38)30-12-14-31(15-13-30)36(46)42-39(21-7-4-8-22-39)37(47)40-33(16-11-29-9-5-3-6-10-29)28-52(48,49)43-32-17-19-34(50-2)20-18-32/h3,5-6,9-10,12-15,17-20,27,33,43H,4,7-8,11,16,21-26,28H2,1-2H3,(H,40,47)(H,42,46). The number of amides is 2. The van der Waals surface area contributed by atoms with Crippen molar-refractivity contribution in [2.24, 2.45) is 0 Å². The molecule has 11 nitrogen and oxygen atoms in total. The first-order chi connectivity index (χ1) is 25.1. The number of thiazole rings is 1. The Morgan fingerprint density at radius 2 is 1.62 bits per heavy atom. The summed E-state index contributed by atoms with van der Waals surface area (Å²) in [7, 11) is -0.179. The quantitative estimate of drug-likeness (QED) is 0.153. The van der Waals surface area contributed by atoms with Gasteiger partial charge in [-0.3, -0.25) is 14.3 Å². The maximum absolute atomic E-state index is 14.2. The van der Waals surface area contributed by atoms with Crippen LogP contribution in [0.4, 0.5) is 10.8 Å². The van der Waals surface area contributed by atoms with Crippen LogP contribution in [0.2, 0.25) is 0 Å². The minimum Gasteiger partial charge on any atom is -0.497 e. The van der Waals surface area contributed by atoms with Gasteiger partial charge < -0.3 is 25.2 Å². The largest absolute Gasteiger partial charge is 0.497 e. The number of nitrogens with zero attached hydrogens (tertiary/aromatic N) is 3. The number of carbonyl (C=O) groups excluding carboxylic acids is 2. The SMILES string of the molecule is COc1ccc(NS(=O)(=O)CC(CCc2ccccc2)NC(=O)C2(NC(=O)c3ccc(-c4csc(N5CCN(C)CC5)n4)cc3)CCCCC2)cc1. The molecule has 1 saturated heterocycles. The van der Waals surface area contributed by atoms with E-state index in [9.17, 15) is 18.0 Å². The molecule has 1 atom stereocenters. The highest BCUT2D eigenvalue weighted by Crippen LogP contribution is 2.31. The summed E-state index contributed by atoms with van der Waals surface area (Å²) in [5.41, 5.74) is 2.53. The van der Waals surface area contributed by atoms with Crippen molar-refractivity contribution in [1.29, 1.82) is 0 Å². The lowest BCUT2D eigenvalue weighted by Gasteiger charge is -2.38. The van der Waals surface area contributed by atoms with E-state index in [-0.39, 0.29) is 17.6 Å². The summed E-state index contributed by atoms with van der Waals surface area (Å²) in [5, 5.41) is 9.22. The van der Waals surface area contributed by atoms with E-state index in [1.165, 1.54) is 0 Å². The third-order valence-corrected chi connectivity index (χ3v) is 12.2. The van der Waals surface area contributed by atoms with Crippen LogP contribution in [-0.2, 0) is 21.2 Å². The first-order valence-corrected chi connectivity index (χ1v) is 20.5. The number of hydrogen-bond donors (Lipinski definition) is 3. The average molecular weight is 745 g/mol. The number of methoxy groups -OCH3 is 1. The van der Waals surface area contributed by atoms with E-state index in [0.29, 0.717) is 42.7 Å². The second kappa shape index (κ2) is 16.9. The summed E-state index contributed by atoms with van der Waals surface area (Å²) in [6.45, 7) is 3.91. The van der Waals surface area contributed by atoms with Crippen molar-refractivity contribution in [1.82, 2.24) is 20.5 Å². The fraction of sp³-hybridized carbons (Fsp3) is 0.410. The topological polar surface area (TPSA) is 133 Å². The molecule has 2 fully saturated rings. The summed E-state index contributed by atoms with van der Waals surface area (Å²) in [5.74, 6) is -0.402. The Bertz CT molecular complexity index is 1890. The highest BCUT2D eigenvalue weighted by molar-refractivity contribution is 7.92. The molecule has 1 saturated carbocycles. The van der Waals surface area contributed by atoms with Crippen molar-refractivity contribution in [3.05, 3.63) is 95.4 Å². The van der Waals surface area contributed by atoms with Gasteiger partial charge in [-0.25, -0.2) is 13.4 Å². The smallest absolute Gasteiger partial charge is 0.252 e. The Balaban J connectivity index is 1.15. The highest BCUT2D eigenvalue weighted by Gasteiger charge is 2.42. The van der Waals surface area contributed by atoms with Crippen LogP contribution in [0.5, 0.6) is 5.75 Å². The van der Waals surface area contributed by atoms with Gasteiger partial charge in [-0.2, -0.15) is 0 Å². The van der Waals surface area contributed by atoms with Crippen LogP contribution in [0.25, 0.3) is 11.3 Å². The number of piperazine rings is 1. The number of ether oxygens (including phenoxy) is 1. The van der Waals surface area contributed by atoms with E-state index in [2.05, 4.69) is 32.2 Å². The Morgan fingerprint density at radius 1 is 0.923 bits per heavy atom. The minimum absolute atomic E-state index is 0.323. The van der Waals surface area contributed by atoms with Gasteiger partial charge in [-0.05, 0) is 74.7 Å². The number of nitrogens with one attached hydrogen (secondary N) is 3. The van der Waals surface area contributed by atoms with Crippen molar-refractivity contribution in [2.45, 2.75) is 56.5 Å². The van der Waals surface area contributed by atoms with Gasteiger partial charge in [0.2, 0.25) is 15.9 Å². The Kier molecular flexibility index (Phi) is 12.1. The van der Waals surface area contributed by atoms with Gasteiger partial charge in [-0.15, -0.1) is 11.3 Å². The number of rotatable bonds is 14. The minimum atomic E-state index is -3.86. The van der Waals surface area contributed by atoms with Gasteiger partial charge in [0.15, 0.2) is 5.13 Å². The molecular weight excluding hydrogens is 697 g/mol. The molecule has 3 aromatic carbocycles. The molecule has 2 amide bonds. The molecule has 0 bridgehead atoms. The van der Waals surface area contributed by atoms with E-state index in [1.807, 2.05) is 47.8 Å². The second-order valence-electron chi connectivity index (χ2n) is 13.8. The number of aromatic nitrogens is 1. The molecule has 13 heteroatoms. The predicted molar refractivity (Wildman–Crippen MR) is 208 cm³/mol. The number of benzene rings is 3. The van der Waals surface area contributed by atoms with Gasteiger partial charge in [0.05, 0.1) is 18.6 Å². The molecule has 1 aliphatic heterocycles. The predicted octanol–water partition coefficient (Wildman–Crippen LogP) is 5.56. The van der Waals surface area contributed by atoms with Crippen LogP contribution < -0.4 is 25.0 Å². The maximum Gasteiger partial charge on any atom is 0.252 e. The number of carbonyl (C=O) groups is 2. The van der Waals surface area contributed by atoms with Crippen LogP contribution in [0.15, 0.2) is 84.2 Å². The lowest BCUT2D eigenvalue weighted by molar-refractivity contribution is -0.129. The first-order valence-electron chi connectivity index (χ1n) is 17.9. The van der Waals surface area contributed by atoms with Gasteiger partial charge in [0.1, 0.15) is 11.3 Å². The van der Waals surface area contributed by atoms with Crippen LogP contribution in [0.3, 0.4) is 0 Å². The molecule has 2 aliphatic rings. The lowest BCUT2D eigenvalue weighted by Crippen LogP contribution is -2.61. The van der Waals surface area contributed by atoms with E-state index < -0.39 is 21.6 Å². The summed E-state index contributed by atoms with van der Waals surface area (Å²) < 4.78 is 34.7. The Labute approximate surface area is 310 Å². The van der Waals surface area contributed by atoms with Gasteiger partial charge in [-0.1, -0.05) is 61.7 Å². The fourth-order valence-corrected chi connectivity index (χ4v) is 9.08. The number of hydrogen-bond acceptors (Lipinski definition) is 9. The number of aryl methyl sites for hydroxylation is 1. The third kappa shape index (κ3) is 9.69. The molecule has 3 N–H and O–H groups in total. The number of anilines is 2. The zero-order valence-corrected chi connectivity index (χ0v) is 31.5. The molecule has 0 radical (unpaired) electrons. The molecule has 6 rings (SSSR count). The normalized spacial score (nSPS) is 16.8. The number of sulfonamides is 1. The molecule has 276 valence electrons. The van der Waals surface area contributed by atoms with E-state index in [4.69, 9.17) is 9.72 Å².